The van der Waals surface area contributed by atoms with Crippen LogP contribution >= 0.6 is 0 Å². The number of hydrogen-bond donors (Lipinski definition) is 0. The maximum absolute atomic E-state index is 10.9. The van der Waals surface area contributed by atoms with Gasteiger partial charge in [-0.1, -0.05) is 30.3 Å². The highest BCUT2D eigenvalue weighted by Gasteiger charge is 2.39. The largest absolute Gasteiger partial charge is 0.369 e. The monoisotopic (exact) mass is 351 g/mol. The fourth-order valence-electron chi connectivity index (χ4n) is 4.17. The molecule has 0 N–H and O–H groups in total. The summed E-state index contributed by atoms with van der Waals surface area (Å²) in [5, 5.41) is 10.9. The highest BCUT2D eigenvalue weighted by Crippen LogP contribution is 2.47. The number of hydrogen-bond acceptors (Lipinski definition) is 4. The number of piperazine rings is 1. The first-order valence-corrected chi connectivity index (χ1v) is 9.39. The van der Waals surface area contributed by atoms with E-state index in [1.54, 1.807) is 12.1 Å². The van der Waals surface area contributed by atoms with Crippen LogP contribution < -0.4 is 4.90 Å². The highest BCUT2D eigenvalue weighted by molar-refractivity contribution is 5.57. The van der Waals surface area contributed by atoms with Crippen molar-refractivity contribution in [3.8, 4) is 0 Å². The molecule has 136 valence electrons. The minimum atomic E-state index is -0.326. The number of nitro benzene ring substituents is 1. The molecule has 2 aromatic rings. The maximum Gasteiger partial charge on any atom is 0.269 e. The summed E-state index contributed by atoms with van der Waals surface area (Å²) >= 11 is 0. The summed E-state index contributed by atoms with van der Waals surface area (Å²) in [4.78, 5) is 15.5. The Bertz CT molecular complexity index is 785. The third-order valence-electron chi connectivity index (χ3n) is 5.75. The molecular weight excluding hydrogens is 326 g/mol. The Morgan fingerprint density at radius 2 is 1.81 bits per heavy atom. The summed E-state index contributed by atoms with van der Waals surface area (Å²) in [7, 11) is 0. The minimum Gasteiger partial charge on any atom is -0.369 e. The zero-order chi connectivity index (χ0) is 18.1. The third kappa shape index (κ3) is 3.58. The predicted octanol–water partition coefficient (Wildman–Crippen LogP) is 3.83. The van der Waals surface area contributed by atoms with Gasteiger partial charge in [0.15, 0.2) is 0 Å². The van der Waals surface area contributed by atoms with Crippen molar-refractivity contribution in [3.63, 3.8) is 0 Å². The van der Waals surface area contributed by atoms with Crippen LogP contribution in [0.25, 0.3) is 0 Å². The first-order valence-electron chi connectivity index (χ1n) is 9.39. The Balaban J connectivity index is 1.30. The van der Waals surface area contributed by atoms with Crippen LogP contribution in [0.2, 0.25) is 0 Å². The van der Waals surface area contributed by atoms with E-state index in [9.17, 15) is 10.1 Å². The van der Waals surface area contributed by atoms with Gasteiger partial charge in [-0.15, -0.1) is 0 Å². The summed E-state index contributed by atoms with van der Waals surface area (Å²) in [6.45, 7) is 7.25. The van der Waals surface area contributed by atoms with Gasteiger partial charge in [0.2, 0.25) is 0 Å². The van der Waals surface area contributed by atoms with E-state index in [0.29, 0.717) is 0 Å². The van der Waals surface area contributed by atoms with Gasteiger partial charge in [0.25, 0.3) is 5.69 Å². The van der Waals surface area contributed by atoms with Gasteiger partial charge >= 0.3 is 0 Å². The van der Waals surface area contributed by atoms with Gasteiger partial charge in [-0.25, -0.2) is 0 Å². The normalized spacial score (nSPS) is 23.0. The van der Waals surface area contributed by atoms with E-state index in [2.05, 4.69) is 40.1 Å². The summed E-state index contributed by atoms with van der Waals surface area (Å²) in [6.07, 6.45) is 1.31. The molecule has 5 heteroatoms. The Hall–Kier alpha value is -2.40. The van der Waals surface area contributed by atoms with Crippen molar-refractivity contribution in [2.45, 2.75) is 19.3 Å². The second-order valence-electron chi connectivity index (χ2n) is 7.53. The standard InChI is InChI=1S/C21H25N3O2/c1-16-13-19(24(25)26)7-8-21(16)23-11-9-22(10-12-23)15-18-14-20(18)17-5-3-2-4-6-17/h2-8,13,18,20H,9-12,14-15H2,1H3/t18-,20-/m0/s1. The number of rotatable bonds is 5. The molecule has 0 amide bonds. The Kier molecular flexibility index (Phi) is 4.64. The zero-order valence-corrected chi connectivity index (χ0v) is 15.2. The lowest BCUT2D eigenvalue weighted by Gasteiger charge is -2.37. The molecule has 5 nitrogen and oxygen atoms in total. The van der Waals surface area contributed by atoms with Gasteiger partial charge in [0.05, 0.1) is 4.92 Å². The van der Waals surface area contributed by atoms with E-state index >= 15 is 0 Å². The molecule has 1 heterocycles. The van der Waals surface area contributed by atoms with Gasteiger partial charge in [-0.2, -0.15) is 0 Å². The highest BCUT2D eigenvalue weighted by atomic mass is 16.6. The lowest BCUT2D eigenvalue weighted by molar-refractivity contribution is -0.384. The van der Waals surface area contributed by atoms with Gasteiger partial charge in [-0.3, -0.25) is 15.0 Å². The van der Waals surface area contributed by atoms with Crippen LogP contribution in [0.3, 0.4) is 0 Å². The lowest BCUT2D eigenvalue weighted by Crippen LogP contribution is -2.47. The molecule has 0 bridgehead atoms. The fourth-order valence-corrected chi connectivity index (χ4v) is 4.17. The zero-order valence-electron chi connectivity index (χ0n) is 15.2. The van der Waals surface area contributed by atoms with E-state index in [1.165, 1.54) is 18.5 Å². The van der Waals surface area contributed by atoms with E-state index in [4.69, 9.17) is 0 Å². The Morgan fingerprint density at radius 3 is 2.46 bits per heavy atom. The number of nitro groups is 1. The molecule has 2 aromatic carbocycles. The van der Waals surface area contributed by atoms with Crippen molar-refractivity contribution >= 4 is 11.4 Å². The lowest BCUT2D eigenvalue weighted by atomic mass is 10.1. The van der Waals surface area contributed by atoms with E-state index in [-0.39, 0.29) is 10.6 Å². The van der Waals surface area contributed by atoms with Crippen molar-refractivity contribution in [2.75, 3.05) is 37.6 Å². The molecule has 0 aromatic heterocycles. The average Bonchev–Trinajstić information content (AvgIpc) is 3.42. The second kappa shape index (κ2) is 7.08. The number of anilines is 1. The minimum absolute atomic E-state index is 0.172. The van der Waals surface area contributed by atoms with Crippen molar-refractivity contribution in [2.24, 2.45) is 5.92 Å². The van der Waals surface area contributed by atoms with Crippen LogP contribution in [-0.4, -0.2) is 42.5 Å². The van der Waals surface area contributed by atoms with E-state index < -0.39 is 0 Å². The molecule has 1 aliphatic carbocycles. The van der Waals surface area contributed by atoms with Gasteiger partial charge in [-0.05, 0) is 42.4 Å². The van der Waals surface area contributed by atoms with Gasteiger partial charge in [0.1, 0.15) is 0 Å². The second-order valence-corrected chi connectivity index (χ2v) is 7.53. The molecule has 2 atom stereocenters. The quantitative estimate of drug-likeness (QED) is 0.607. The summed E-state index contributed by atoms with van der Waals surface area (Å²) in [5.74, 6) is 1.54. The van der Waals surface area contributed by atoms with Crippen LogP contribution in [0.1, 0.15) is 23.5 Å². The molecule has 0 radical (unpaired) electrons. The van der Waals surface area contributed by atoms with Crippen LogP contribution in [0.4, 0.5) is 11.4 Å². The molecule has 1 saturated heterocycles. The van der Waals surface area contributed by atoms with Crippen LogP contribution in [0.5, 0.6) is 0 Å². The third-order valence-corrected chi connectivity index (χ3v) is 5.75. The summed E-state index contributed by atoms with van der Waals surface area (Å²) < 4.78 is 0. The summed E-state index contributed by atoms with van der Waals surface area (Å²) in [5.41, 5.74) is 3.77. The Labute approximate surface area is 154 Å². The number of aryl methyl sites for hydroxylation is 1. The molecule has 0 unspecified atom stereocenters. The van der Waals surface area contributed by atoms with E-state index in [0.717, 1.165) is 49.3 Å². The smallest absolute Gasteiger partial charge is 0.269 e. The number of benzene rings is 2. The molecule has 4 rings (SSSR count). The fraction of sp³-hybridized carbons (Fsp3) is 0.429. The number of nitrogens with zero attached hydrogens (tertiary/aromatic N) is 3. The Morgan fingerprint density at radius 1 is 1.08 bits per heavy atom. The molecular formula is C21H25N3O2. The maximum atomic E-state index is 10.9. The van der Waals surface area contributed by atoms with Crippen molar-refractivity contribution in [1.29, 1.82) is 0 Å². The summed E-state index contributed by atoms with van der Waals surface area (Å²) in [6, 6.07) is 16.0. The number of non-ortho nitro benzene ring substituents is 1. The molecule has 1 aliphatic heterocycles. The molecule has 1 saturated carbocycles. The molecule has 2 aliphatic rings. The SMILES string of the molecule is Cc1cc([N+](=O)[O-])ccc1N1CCN(C[C@@H]2C[C@H]2c2ccccc2)CC1. The molecule has 26 heavy (non-hydrogen) atoms. The van der Waals surface area contributed by atoms with Crippen LogP contribution in [0, 0.1) is 23.0 Å². The predicted molar refractivity (Wildman–Crippen MR) is 104 cm³/mol. The average molecular weight is 351 g/mol. The van der Waals surface area contributed by atoms with Gasteiger partial charge in [0, 0.05) is 50.5 Å². The molecule has 2 fully saturated rings. The van der Waals surface area contributed by atoms with E-state index in [1.807, 2.05) is 13.0 Å². The van der Waals surface area contributed by atoms with Crippen LogP contribution in [0.15, 0.2) is 48.5 Å². The van der Waals surface area contributed by atoms with Crippen molar-refractivity contribution in [1.82, 2.24) is 4.90 Å². The first kappa shape index (κ1) is 17.0. The molecule has 0 spiro atoms. The van der Waals surface area contributed by atoms with Gasteiger partial charge < -0.3 is 4.90 Å². The van der Waals surface area contributed by atoms with Crippen molar-refractivity contribution in [3.05, 3.63) is 69.8 Å². The topological polar surface area (TPSA) is 49.6 Å². The van der Waals surface area contributed by atoms with Crippen LogP contribution in [-0.2, 0) is 0 Å². The van der Waals surface area contributed by atoms with Crippen molar-refractivity contribution < 1.29 is 4.92 Å². The first-order chi connectivity index (χ1) is 12.6.